The number of hydrogen-bond acceptors (Lipinski definition) is 8. The molecule has 0 radical (unpaired) electrons. The smallest absolute Gasteiger partial charge is 0.343 e. The van der Waals surface area contributed by atoms with Crippen LogP contribution in [0.2, 0.25) is 0 Å². The maximum absolute atomic E-state index is 12.6. The molecule has 3 aromatic carbocycles. The van der Waals surface area contributed by atoms with E-state index in [1.165, 1.54) is 13.3 Å². The Hall–Kier alpha value is -4.86. The second kappa shape index (κ2) is 14.0. The third-order valence-corrected chi connectivity index (χ3v) is 5.04. The van der Waals surface area contributed by atoms with E-state index in [1.54, 1.807) is 73.7 Å². The molecular formula is C28H29N3O7. The molecule has 0 saturated carbocycles. The molecule has 0 atom stereocenters. The van der Waals surface area contributed by atoms with Gasteiger partial charge in [0.2, 0.25) is 0 Å². The van der Waals surface area contributed by atoms with E-state index in [0.29, 0.717) is 47.2 Å². The first-order chi connectivity index (χ1) is 18.4. The highest BCUT2D eigenvalue weighted by molar-refractivity contribution is 5.96. The molecule has 2 N–H and O–H groups in total. The number of carbonyl (C=O) groups excluding carboxylic acids is 3. The second-order valence-electron chi connectivity index (χ2n) is 7.69. The molecule has 38 heavy (non-hydrogen) atoms. The van der Waals surface area contributed by atoms with Crippen LogP contribution in [0.1, 0.15) is 40.1 Å². The molecule has 0 saturated heterocycles. The van der Waals surface area contributed by atoms with Gasteiger partial charge >= 0.3 is 5.97 Å². The van der Waals surface area contributed by atoms with E-state index in [2.05, 4.69) is 15.8 Å². The summed E-state index contributed by atoms with van der Waals surface area (Å²) in [5.41, 5.74) is 3.70. The van der Waals surface area contributed by atoms with E-state index in [9.17, 15) is 14.4 Å². The second-order valence-corrected chi connectivity index (χ2v) is 7.69. The summed E-state index contributed by atoms with van der Waals surface area (Å²) < 4.78 is 21.6. The highest BCUT2D eigenvalue weighted by Crippen LogP contribution is 2.29. The summed E-state index contributed by atoms with van der Waals surface area (Å²) in [7, 11) is 1.53. The van der Waals surface area contributed by atoms with Gasteiger partial charge in [0.25, 0.3) is 11.8 Å². The molecule has 198 valence electrons. The lowest BCUT2D eigenvalue weighted by Crippen LogP contribution is -2.34. The molecule has 3 aromatic rings. The van der Waals surface area contributed by atoms with E-state index >= 15 is 0 Å². The van der Waals surface area contributed by atoms with Crippen molar-refractivity contribution < 1.29 is 33.3 Å². The first kappa shape index (κ1) is 27.7. The first-order valence-electron chi connectivity index (χ1n) is 11.9. The van der Waals surface area contributed by atoms with Crippen molar-refractivity contribution in [1.82, 2.24) is 10.7 Å². The summed E-state index contributed by atoms with van der Waals surface area (Å²) in [4.78, 5) is 36.8. The number of esters is 1. The van der Waals surface area contributed by atoms with Gasteiger partial charge in [-0.2, -0.15) is 5.10 Å². The zero-order chi connectivity index (χ0) is 27.3. The van der Waals surface area contributed by atoms with Gasteiger partial charge in [-0.3, -0.25) is 9.59 Å². The van der Waals surface area contributed by atoms with Crippen LogP contribution in [-0.2, 0) is 4.79 Å². The van der Waals surface area contributed by atoms with Crippen LogP contribution in [0.5, 0.6) is 23.0 Å². The minimum atomic E-state index is -0.542. The SMILES string of the molecule is CCOc1ccc(C(=O)Oc2ccc(/C=N/NC(=O)CNC(=O)c3ccc(OC)cc3)cc2OCC)cc1. The Balaban J connectivity index is 1.55. The van der Waals surface area contributed by atoms with Crippen LogP contribution in [0.25, 0.3) is 0 Å². The third-order valence-electron chi connectivity index (χ3n) is 5.04. The molecule has 0 aromatic heterocycles. The van der Waals surface area contributed by atoms with Gasteiger partial charge in [0.05, 0.1) is 38.6 Å². The number of nitrogens with one attached hydrogen (secondary N) is 2. The van der Waals surface area contributed by atoms with Gasteiger partial charge in [0.15, 0.2) is 11.5 Å². The number of rotatable bonds is 12. The Bertz CT molecular complexity index is 1270. The fourth-order valence-electron chi connectivity index (χ4n) is 3.19. The topological polar surface area (TPSA) is 125 Å². The fraction of sp³-hybridized carbons (Fsp3) is 0.214. The molecule has 0 unspecified atom stereocenters. The van der Waals surface area contributed by atoms with E-state index in [4.69, 9.17) is 18.9 Å². The Morgan fingerprint density at radius 2 is 1.47 bits per heavy atom. The van der Waals surface area contributed by atoms with Crippen LogP contribution in [-0.4, -0.2) is 50.9 Å². The van der Waals surface area contributed by atoms with Crippen LogP contribution in [0.15, 0.2) is 71.8 Å². The van der Waals surface area contributed by atoms with Crippen LogP contribution >= 0.6 is 0 Å². The lowest BCUT2D eigenvalue weighted by Gasteiger charge is -2.11. The Labute approximate surface area is 220 Å². The van der Waals surface area contributed by atoms with Crippen molar-refractivity contribution in [3.05, 3.63) is 83.4 Å². The number of hydrogen-bond donors (Lipinski definition) is 2. The zero-order valence-corrected chi connectivity index (χ0v) is 21.4. The predicted octanol–water partition coefficient (Wildman–Crippen LogP) is 3.59. The van der Waals surface area contributed by atoms with Gasteiger partial charge in [-0.25, -0.2) is 10.2 Å². The Kier molecular flexibility index (Phi) is 10.2. The normalized spacial score (nSPS) is 10.5. The van der Waals surface area contributed by atoms with Gasteiger partial charge in [0.1, 0.15) is 11.5 Å². The minimum Gasteiger partial charge on any atom is -0.497 e. The summed E-state index contributed by atoms with van der Waals surface area (Å²) in [6, 6.07) is 18.0. The van der Waals surface area contributed by atoms with E-state index in [1.807, 2.05) is 6.92 Å². The van der Waals surface area contributed by atoms with Crippen molar-refractivity contribution in [1.29, 1.82) is 0 Å². The largest absolute Gasteiger partial charge is 0.497 e. The molecule has 2 amide bonds. The maximum Gasteiger partial charge on any atom is 0.343 e. The van der Waals surface area contributed by atoms with E-state index < -0.39 is 17.8 Å². The zero-order valence-electron chi connectivity index (χ0n) is 21.4. The number of amides is 2. The molecule has 0 heterocycles. The summed E-state index contributed by atoms with van der Waals surface area (Å²) in [5.74, 6) is 0.424. The summed E-state index contributed by atoms with van der Waals surface area (Å²) in [5, 5.41) is 6.43. The highest BCUT2D eigenvalue weighted by Gasteiger charge is 2.14. The monoisotopic (exact) mass is 519 g/mol. The van der Waals surface area contributed by atoms with Crippen LogP contribution < -0.4 is 29.7 Å². The van der Waals surface area contributed by atoms with Gasteiger partial charge in [0, 0.05) is 5.56 Å². The molecule has 0 aliphatic carbocycles. The number of nitrogens with zero attached hydrogens (tertiary/aromatic N) is 1. The molecule has 0 spiro atoms. The van der Waals surface area contributed by atoms with Crippen LogP contribution in [0.4, 0.5) is 0 Å². The first-order valence-corrected chi connectivity index (χ1v) is 11.9. The highest BCUT2D eigenvalue weighted by atomic mass is 16.6. The minimum absolute atomic E-state index is 0.244. The predicted molar refractivity (Wildman–Crippen MR) is 141 cm³/mol. The molecule has 0 aliphatic rings. The maximum atomic E-state index is 12.6. The standard InChI is InChI=1S/C28H29N3O7/c1-4-36-23-13-9-21(10-14-23)28(34)38-24-15-6-19(16-25(24)37-5-2)17-30-31-26(32)18-29-27(33)20-7-11-22(35-3)12-8-20/h6-17H,4-5,18H2,1-3H3,(H,29,33)(H,31,32)/b30-17+. The fourth-order valence-corrected chi connectivity index (χ4v) is 3.19. The lowest BCUT2D eigenvalue weighted by molar-refractivity contribution is -0.120. The number of benzene rings is 3. The van der Waals surface area contributed by atoms with Gasteiger partial charge in [-0.1, -0.05) is 0 Å². The number of methoxy groups -OCH3 is 1. The van der Waals surface area contributed by atoms with Crippen molar-refractivity contribution >= 4 is 24.0 Å². The van der Waals surface area contributed by atoms with Gasteiger partial charge in [-0.15, -0.1) is 0 Å². The molecule has 0 bridgehead atoms. The van der Waals surface area contributed by atoms with Crippen molar-refractivity contribution in [3.8, 4) is 23.0 Å². The van der Waals surface area contributed by atoms with Crippen LogP contribution in [0, 0.1) is 0 Å². The average Bonchev–Trinajstić information content (AvgIpc) is 2.93. The number of ether oxygens (including phenoxy) is 4. The number of carbonyl (C=O) groups is 3. The molecule has 10 heteroatoms. The van der Waals surface area contributed by atoms with Crippen molar-refractivity contribution in [3.63, 3.8) is 0 Å². The van der Waals surface area contributed by atoms with Crippen LogP contribution in [0.3, 0.4) is 0 Å². The summed E-state index contributed by atoms with van der Waals surface area (Å²) in [6.45, 7) is 4.30. The van der Waals surface area contributed by atoms with E-state index in [0.717, 1.165) is 0 Å². The van der Waals surface area contributed by atoms with Gasteiger partial charge in [-0.05, 0) is 86.1 Å². The molecule has 0 aliphatic heterocycles. The van der Waals surface area contributed by atoms with Crippen molar-refractivity contribution in [2.75, 3.05) is 26.9 Å². The summed E-state index contributed by atoms with van der Waals surface area (Å²) in [6.07, 6.45) is 1.41. The third kappa shape index (κ3) is 8.09. The average molecular weight is 520 g/mol. The lowest BCUT2D eigenvalue weighted by atomic mass is 10.2. The van der Waals surface area contributed by atoms with Crippen molar-refractivity contribution in [2.45, 2.75) is 13.8 Å². The summed E-state index contributed by atoms with van der Waals surface area (Å²) >= 11 is 0. The van der Waals surface area contributed by atoms with Crippen molar-refractivity contribution in [2.24, 2.45) is 5.10 Å². The number of hydrazone groups is 1. The van der Waals surface area contributed by atoms with E-state index in [-0.39, 0.29) is 12.3 Å². The Morgan fingerprint density at radius 1 is 0.816 bits per heavy atom. The Morgan fingerprint density at radius 3 is 2.13 bits per heavy atom. The molecular weight excluding hydrogens is 490 g/mol. The molecule has 3 rings (SSSR count). The molecule has 10 nitrogen and oxygen atoms in total. The molecule has 0 fully saturated rings. The van der Waals surface area contributed by atoms with Gasteiger partial charge < -0.3 is 24.3 Å². The quantitative estimate of drug-likeness (QED) is 0.162.